The van der Waals surface area contributed by atoms with Crippen molar-refractivity contribution in [2.75, 3.05) is 26.1 Å². The molecule has 0 amide bonds. The number of benzene rings is 1. The first kappa shape index (κ1) is 16.0. The van der Waals surface area contributed by atoms with Crippen LogP contribution in [-0.4, -0.2) is 44.9 Å². The molecule has 0 saturated carbocycles. The van der Waals surface area contributed by atoms with Gasteiger partial charge in [-0.25, -0.2) is 0 Å². The molecule has 3 aromatic rings. The summed E-state index contributed by atoms with van der Waals surface area (Å²) in [5, 5.41) is 10.3. The highest BCUT2D eigenvalue weighted by molar-refractivity contribution is 5.83. The third-order valence-electron chi connectivity index (χ3n) is 3.92. The highest BCUT2D eigenvalue weighted by atomic mass is 16.5. The summed E-state index contributed by atoms with van der Waals surface area (Å²) in [4.78, 5) is 12.5. The number of hydrogen-bond acceptors (Lipinski definition) is 8. The zero-order valence-corrected chi connectivity index (χ0v) is 14.0. The Bertz CT molecular complexity index is 998. The van der Waals surface area contributed by atoms with Gasteiger partial charge in [0.2, 0.25) is 0 Å². The molecule has 0 aliphatic carbocycles. The van der Waals surface area contributed by atoms with Crippen molar-refractivity contribution in [2.45, 2.75) is 6.54 Å². The summed E-state index contributed by atoms with van der Waals surface area (Å²) < 4.78 is 18.1. The number of rotatable bonds is 1. The van der Waals surface area contributed by atoms with E-state index in [2.05, 4.69) is 15.0 Å². The van der Waals surface area contributed by atoms with E-state index in [9.17, 15) is 5.11 Å². The fourth-order valence-electron chi connectivity index (χ4n) is 2.71. The van der Waals surface area contributed by atoms with Gasteiger partial charge in [-0.2, -0.15) is 15.0 Å². The molecule has 0 saturated heterocycles. The average molecular weight is 355 g/mol. The summed E-state index contributed by atoms with van der Waals surface area (Å²) in [5.41, 5.74) is 7.49. The first-order valence-electron chi connectivity index (χ1n) is 7.95. The Labute approximate surface area is 148 Å². The van der Waals surface area contributed by atoms with Crippen molar-refractivity contribution in [2.24, 2.45) is 0 Å². The van der Waals surface area contributed by atoms with E-state index in [1.807, 2.05) is 18.2 Å². The molecule has 3 heterocycles. The second-order valence-electron chi connectivity index (χ2n) is 5.67. The normalized spacial score (nSPS) is 15.1. The van der Waals surface area contributed by atoms with Crippen LogP contribution in [0.1, 0.15) is 5.56 Å². The molecular formula is C17H17N5O4. The lowest BCUT2D eigenvalue weighted by atomic mass is 10.2. The van der Waals surface area contributed by atoms with Crippen LogP contribution in [0.15, 0.2) is 30.4 Å². The molecule has 1 aliphatic heterocycles. The summed E-state index contributed by atoms with van der Waals surface area (Å²) in [6.45, 7) is 0.930. The van der Waals surface area contributed by atoms with Gasteiger partial charge in [0, 0.05) is 6.07 Å². The molecule has 0 unspecified atom stereocenters. The topological polar surface area (TPSA) is 118 Å². The van der Waals surface area contributed by atoms with Crippen LogP contribution in [0.5, 0.6) is 23.5 Å². The molecule has 0 fully saturated rings. The highest BCUT2D eigenvalue weighted by Gasteiger charge is 2.18. The molecule has 3 N–H and O–H groups in total. The maximum Gasteiger partial charge on any atom is 0.320 e. The standard InChI is InChI=1S/C17H17N5O4/c1-24-11-6-10-7-12(8-11)25-4-2-3-5-26-16-20-14(18)13-15(21-16)22(9-10)17(23)19-13/h2-3,6-8H,4-5,9H2,1H3,(H,19,23)(H2,18,20,21)/b3-2+. The zero-order chi connectivity index (χ0) is 18.1. The summed E-state index contributed by atoms with van der Waals surface area (Å²) in [5.74, 6) is 1.45. The van der Waals surface area contributed by atoms with Gasteiger partial charge in [0.15, 0.2) is 17.0 Å². The third-order valence-corrected chi connectivity index (χ3v) is 3.92. The molecule has 4 rings (SSSR count). The van der Waals surface area contributed by atoms with E-state index >= 15 is 0 Å². The number of imidazole rings is 1. The fourth-order valence-corrected chi connectivity index (χ4v) is 2.71. The highest BCUT2D eigenvalue weighted by Crippen LogP contribution is 2.28. The monoisotopic (exact) mass is 355 g/mol. The van der Waals surface area contributed by atoms with E-state index in [-0.39, 0.29) is 24.4 Å². The Balaban J connectivity index is 1.88. The van der Waals surface area contributed by atoms with E-state index in [1.54, 1.807) is 19.3 Å². The largest absolute Gasteiger partial charge is 0.497 e. The van der Waals surface area contributed by atoms with Crippen molar-refractivity contribution in [3.05, 3.63) is 35.9 Å². The third kappa shape index (κ3) is 2.94. The van der Waals surface area contributed by atoms with E-state index in [1.165, 1.54) is 4.57 Å². The maximum atomic E-state index is 10.3. The minimum Gasteiger partial charge on any atom is -0.497 e. The van der Waals surface area contributed by atoms with Gasteiger partial charge in [-0.1, -0.05) is 0 Å². The smallest absolute Gasteiger partial charge is 0.320 e. The Hall–Kier alpha value is -3.49. The van der Waals surface area contributed by atoms with E-state index in [4.69, 9.17) is 19.9 Å². The predicted molar refractivity (Wildman–Crippen MR) is 93.6 cm³/mol. The van der Waals surface area contributed by atoms with Crippen molar-refractivity contribution >= 4 is 17.0 Å². The first-order chi connectivity index (χ1) is 12.6. The van der Waals surface area contributed by atoms with Crippen molar-refractivity contribution < 1.29 is 19.3 Å². The number of nitrogen functional groups attached to an aromatic ring is 1. The molecule has 9 nitrogen and oxygen atoms in total. The lowest BCUT2D eigenvalue weighted by molar-refractivity contribution is 0.329. The summed E-state index contributed by atoms with van der Waals surface area (Å²) in [6, 6.07) is 5.42. The van der Waals surface area contributed by atoms with Gasteiger partial charge in [-0.05, 0) is 29.8 Å². The number of aromatic nitrogens is 4. The fraction of sp³-hybridized carbons (Fsp3) is 0.235. The van der Waals surface area contributed by atoms with Crippen molar-refractivity contribution in [3.63, 3.8) is 0 Å². The summed E-state index contributed by atoms with van der Waals surface area (Å²) in [7, 11) is 1.59. The van der Waals surface area contributed by atoms with Gasteiger partial charge >= 0.3 is 6.01 Å². The Morgan fingerprint density at radius 3 is 2.73 bits per heavy atom. The van der Waals surface area contributed by atoms with E-state index in [0.717, 1.165) is 5.56 Å². The quantitative estimate of drug-likeness (QED) is 0.631. The minimum absolute atomic E-state index is 0.116. The lowest BCUT2D eigenvalue weighted by Crippen LogP contribution is -2.06. The van der Waals surface area contributed by atoms with Crippen LogP contribution in [0.2, 0.25) is 0 Å². The Morgan fingerprint density at radius 1 is 1.12 bits per heavy atom. The Morgan fingerprint density at radius 2 is 1.92 bits per heavy atom. The van der Waals surface area contributed by atoms with Gasteiger partial charge in [0.25, 0.3) is 6.01 Å². The molecule has 0 radical (unpaired) electrons. The number of methoxy groups -OCH3 is 1. The number of fused-ring (bicyclic) bond motifs is 3. The predicted octanol–water partition coefficient (Wildman–Crippen LogP) is 1.50. The second-order valence-corrected chi connectivity index (χ2v) is 5.67. The molecule has 134 valence electrons. The zero-order valence-electron chi connectivity index (χ0n) is 14.0. The number of nitrogens with two attached hydrogens (primary N) is 1. The SMILES string of the molecule is COc1cc2cc(c1)OC/C=C/COc1nc(N)c3nc(O)n(c3n1)C2. The van der Waals surface area contributed by atoms with Crippen LogP contribution < -0.4 is 19.9 Å². The molecule has 1 aliphatic rings. The van der Waals surface area contributed by atoms with Gasteiger partial charge in [-0.3, -0.25) is 4.57 Å². The van der Waals surface area contributed by atoms with E-state index < -0.39 is 0 Å². The lowest BCUT2D eigenvalue weighted by Gasteiger charge is -2.12. The second kappa shape index (κ2) is 6.43. The number of hydrogen-bond donors (Lipinski definition) is 2. The number of anilines is 1. The van der Waals surface area contributed by atoms with Crippen molar-refractivity contribution in [3.8, 4) is 23.5 Å². The number of nitrogens with zero attached hydrogens (tertiary/aromatic N) is 4. The van der Waals surface area contributed by atoms with Gasteiger partial charge in [0.1, 0.15) is 24.7 Å². The van der Waals surface area contributed by atoms with Crippen LogP contribution in [0, 0.1) is 0 Å². The molecule has 1 aromatic carbocycles. The van der Waals surface area contributed by atoms with Crippen LogP contribution in [-0.2, 0) is 6.54 Å². The number of ether oxygens (including phenoxy) is 3. The van der Waals surface area contributed by atoms with Gasteiger partial charge in [-0.15, -0.1) is 0 Å². The molecular weight excluding hydrogens is 338 g/mol. The average Bonchev–Trinajstić information content (AvgIpc) is 2.94. The number of aromatic hydroxyl groups is 1. The van der Waals surface area contributed by atoms with Crippen LogP contribution >= 0.6 is 0 Å². The molecule has 4 bridgehead atoms. The van der Waals surface area contributed by atoms with Crippen LogP contribution in [0.25, 0.3) is 11.2 Å². The molecule has 9 heteroatoms. The first-order valence-corrected chi connectivity index (χ1v) is 7.95. The van der Waals surface area contributed by atoms with Crippen LogP contribution in [0.3, 0.4) is 0 Å². The van der Waals surface area contributed by atoms with Crippen molar-refractivity contribution in [1.82, 2.24) is 19.5 Å². The van der Waals surface area contributed by atoms with Gasteiger partial charge in [0.05, 0.1) is 13.7 Å². The Kier molecular flexibility index (Phi) is 3.96. The molecule has 0 spiro atoms. The summed E-state index contributed by atoms with van der Waals surface area (Å²) in [6.07, 6.45) is 3.63. The molecule has 26 heavy (non-hydrogen) atoms. The minimum atomic E-state index is -0.213. The molecule has 0 atom stereocenters. The van der Waals surface area contributed by atoms with E-state index in [0.29, 0.717) is 35.8 Å². The maximum absolute atomic E-state index is 10.3. The molecule has 2 aromatic heterocycles. The van der Waals surface area contributed by atoms with Gasteiger partial charge < -0.3 is 25.1 Å². The van der Waals surface area contributed by atoms with Crippen LogP contribution in [0.4, 0.5) is 5.82 Å². The van der Waals surface area contributed by atoms with Crippen molar-refractivity contribution in [1.29, 1.82) is 0 Å². The summed E-state index contributed by atoms with van der Waals surface area (Å²) >= 11 is 0.